The van der Waals surface area contributed by atoms with Crippen LogP contribution in [0.2, 0.25) is 10.0 Å². The largest absolute Gasteiger partial charge is 0.497 e. The molecule has 1 aliphatic rings. The van der Waals surface area contributed by atoms with Crippen LogP contribution in [0.4, 0.5) is 4.39 Å². The molecule has 1 fully saturated rings. The first-order valence-electron chi connectivity index (χ1n) is 8.32. The Morgan fingerprint density at radius 1 is 1.11 bits per heavy atom. The van der Waals surface area contributed by atoms with Gasteiger partial charge in [0.25, 0.3) is 0 Å². The molecule has 0 amide bonds. The lowest BCUT2D eigenvalue weighted by atomic mass is 10.1. The molecule has 0 aliphatic carbocycles. The zero-order valence-corrected chi connectivity index (χ0v) is 17.0. The zero-order valence-electron chi connectivity index (χ0n) is 14.7. The second-order valence-corrected chi connectivity index (χ2v) is 8.88. The average Bonchev–Trinajstić information content (AvgIpc) is 2.66. The maximum Gasteiger partial charge on any atom is 0.244 e. The molecule has 1 aliphatic heterocycles. The summed E-state index contributed by atoms with van der Waals surface area (Å²) in [4.78, 5) is 2.01. The number of methoxy groups -OCH3 is 1. The maximum absolute atomic E-state index is 14.0. The standard InChI is InChI=1S/C18H19Cl2FN2O3S/c1-26-14-5-6-16(21)13(11-14)12-22-7-9-23(10-8-22)27(24,25)17-4-2-3-15(19)18(17)20/h2-6,11H,7-10,12H2,1H3. The van der Waals surface area contributed by atoms with Crippen LogP contribution in [-0.2, 0) is 16.6 Å². The fourth-order valence-corrected chi connectivity index (χ4v) is 5.15. The van der Waals surface area contributed by atoms with Crippen LogP contribution in [0.5, 0.6) is 5.75 Å². The van der Waals surface area contributed by atoms with Gasteiger partial charge in [0.15, 0.2) is 0 Å². The van der Waals surface area contributed by atoms with Gasteiger partial charge in [-0.25, -0.2) is 12.8 Å². The Morgan fingerprint density at radius 2 is 1.81 bits per heavy atom. The van der Waals surface area contributed by atoms with E-state index >= 15 is 0 Å². The molecule has 2 aromatic rings. The van der Waals surface area contributed by atoms with Crippen molar-refractivity contribution in [2.75, 3.05) is 33.3 Å². The smallest absolute Gasteiger partial charge is 0.244 e. The Morgan fingerprint density at radius 3 is 2.48 bits per heavy atom. The van der Waals surface area contributed by atoms with Gasteiger partial charge in [-0.15, -0.1) is 0 Å². The molecule has 0 N–H and O–H groups in total. The van der Waals surface area contributed by atoms with Crippen LogP contribution in [0.15, 0.2) is 41.3 Å². The first kappa shape index (κ1) is 20.4. The Hall–Kier alpha value is -1.38. The predicted molar refractivity (Wildman–Crippen MR) is 103 cm³/mol. The van der Waals surface area contributed by atoms with Crippen molar-refractivity contribution in [1.82, 2.24) is 9.21 Å². The molecule has 2 aromatic carbocycles. The molecule has 3 rings (SSSR count). The summed E-state index contributed by atoms with van der Waals surface area (Å²) in [6.45, 7) is 1.92. The topological polar surface area (TPSA) is 49.9 Å². The van der Waals surface area contributed by atoms with E-state index in [1.54, 1.807) is 24.3 Å². The van der Waals surface area contributed by atoms with E-state index in [0.29, 0.717) is 30.9 Å². The number of halogens is 3. The monoisotopic (exact) mass is 432 g/mol. The first-order valence-corrected chi connectivity index (χ1v) is 10.5. The highest BCUT2D eigenvalue weighted by atomic mass is 35.5. The molecule has 9 heteroatoms. The summed E-state index contributed by atoms with van der Waals surface area (Å²) in [5, 5.41) is 0.227. The van der Waals surface area contributed by atoms with E-state index in [1.807, 2.05) is 4.90 Å². The normalized spacial score (nSPS) is 16.4. The van der Waals surface area contributed by atoms with Crippen molar-refractivity contribution in [3.8, 4) is 5.75 Å². The number of hydrogen-bond acceptors (Lipinski definition) is 4. The van der Waals surface area contributed by atoms with E-state index in [9.17, 15) is 12.8 Å². The van der Waals surface area contributed by atoms with Crippen LogP contribution in [0.25, 0.3) is 0 Å². The molecule has 0 aromatic heterocycles. The third kappa shape index (κ3) is 4.38. The average molecular weight is 433 g/mol. The first-order chi connectivity index (χ1) is 12.8. The van der Waals surface area contributed by atoms with Crippen molar-refractivity contribution >= 4 is 33.2 Å². The third-order valence-electron chi connectivity index (χ3n) is 4.51. The number of benzene rings is 2. The maximum atomic E-state index is 14.0. The van der Waals surface area contributed by atoms with Crippen LogP contribution in [-0.4, -0.2) is 50.9 Å². The molecule has 0 bridgehead atoms. The van der Waals surface area contributed by atoms with Crippen LogP contribution in [0.1, 0.15) is 5.56 Å². The Balaban J connectivity index is 1.69. The number of nitrogens with zero attached hydrogens (tertiary/aromatic N) is 2. The second-order valence-electron chi connectivity index (χ2n) is 6.19. The number of sulfonamides is 1. The van der Waals surface area contributed by atoms with Gasteiger partial charge in [0.05, 0.1) is 17.2 Å². The van der Waals surface area contributed by atoms with Crippen LogP contribution >= 0.6 is 23.2 Å². The van der Waals surface area contributed by atoms with Crippen molar-refractivity contribution < 1.29 is 17.5 Å². The third-order valence-corrected chi connectivity index (χ3v) is 7.38. The minimum atomic E-state index is -3.73. The summed E-state index contributed by atoms with van der Waals surface area (Å²) in [5.41, 5.74) is 0.517. The van der Waals surface area contributed by atoms with Crippen LogP contribution < -0.4 is 4.74 Å². The van der Waals surface area contributed by atoms with Gasteiger partial charge in [-0.1, -0.05) is 29.3 Å². The Kier molecular flexibility index (Phi) is 6.28. The van der Waals surface area contributed by atoms with E-state index in [0.717, 1.165) is 0 Å². The summed E-state index contributed by atoms with van der Waals surface area (Å²) in [6.07, 6.45) is 0. The fraction of sp³-hybridized carbons (Fsp3) is 0.333. The van der Waals surface area contributed by atoms with E-state index in [-0.39, 0.29) is 33.8 Å². The van der Waals surface area contributed by atoms with E-state index in [4.69, 9.17) is 27.9 Å². The zero-order chi connectivity index (χ0) is 19.6. The van der Waals surface area contributed by atoms with Gasteiger partial charge in [-0.05, 0) is 30.3 Å². The molecule has 1 heterocycles. The summed E-state index contributed by atoms with van der Waals surface area (Å²) >= 11 is 12.0. The van der Waals surface area contributed by atoms with Gasteiger partial charge in [-0.3, -0.25) is 4.90 Å². The van der Waals surface area contributed by atoms with E-state index in [2.05, 4.69) is 0 Å². The summed E-state index contributed by atoms with van der Waals surface area (Å²) in [5.74, 6) is 0.278. The van der Waals surface area contributed by atoms with Gasteiger partial charge in [-0.2, -0.15) is 4.31 Å². The quantitative estimate of drug-likeness (QED) is 0.723. The molecular formula is C18H19Cl2FN2O3S. The molecule has 1 saturated heterocycles. The van der Waals surface area contributed by atoms with Gasteiger partial charge in [0.1, 0.15) is 16.5 Å². The Labute approximate surface area is 168 Å². The molecule has 0 spiro atoms. The van der Waals surface area contributed by atoms with Crippen molar-refractivity contribution in [2.45, 2.75) is 11.4 Å². The minimum absolute atomic E-state index is 0.00366. The fourth-order valence-electron chi connectivity index (χ4n) is 2.99. The molecule has 0 saturated carbocycles. The molecule has 27 heavy (non-hydrogen) atoms. The lowest BCUT2D eigenvalue weighted by molar-refractivity contribution is 0.179. The number of rotatable bonds is 5. The molecule has 0 unspecified atom stereocenters. The van der Waals surface area contributed by atoms with Crippen molar-refractivity contribution in [1.29, 1.82) is 0 Å². The highest BCUT2D eigenvalue weighted by Gasteiger charge is 2.30. The molecule has 0 radical (unpaired) electrons. The SMILES string of the molecule is COc1ccc(F)c(CN2CCN(S(=O)(=O)c3cccc(Cl)c3Cl)CC2)c1. The number of hydrogen-bond donors (Lipinski definition) is 0. The molecule has 146 valence electrons. The van der Waals surface area contributed by atoms with Gasteiger partial charge in [0.2, 0.25) is 10.0 Å². The summed E-state index contributed by atoms with van der Waals surface area (Å²) < 4.78 is 46.2. The highest BCUT2D eigenvalue weighted by Crippen LogP contribution is 2.31. The Bertz CT molecular complexity index is 932. The minimum Gasteiger partial charge on any atom is -0.497 e. The van der Waals surface area contributed by atoms with Crippen molar-refractivity contribution in [3.05, 3.63) is 57.8 Å². The van der Waals surface area contributed by atoms with Crippen molar-refractivity contribution in [3.63, 3.8) is 0 Å². The summed E-state index contributed by atoms with van der Waals surface area (Å²) in [7, 11) is -2.20. The van der Waals surface area contributed by atoms with E-state index < -0.39 is 10.0 Å². The molecular weight excluding hydrogens is 414 g/mol. The summed E-state index contributed by atoms with van der Waals surface area (Å²) in [6, 6.07) is 9.15. The van der Waals surface area contributed by atoms with Crippen molar-refractivity contribution in [2.24, 2.45) is 0 Å². The molecule has 5 nitrogen and oxygen atoms in total. The predicted octanol–water partition coefficient (Wildman–Crippen LogP) is 3.65. The lowest BCUT2D eigenvalue weighted by Gasteiger charge is -2.34. The molecule has 0 atom stereocenters. The van der Waals surface area contributed by atoms with Gasteiger partial charge in [0, 0.05) is 38.3 Å². The number of ether oxygens (including phenoxy) is 1. The van der Waals surface area contributed by atoms with Crippen LogP contribution in [0.3, 0.4) is 0 Å². The highest BCUT2D eigenvalue weighted by molar-refractivity contribution is 7.89. The second kappa shape index (κ2) is 8.32. The van der Waals surface area contributed by atoms with Gasteiger partial charge < -0.3 is 4.74 Å². The van der Waals surface area contributed by atoms with Crippen LogP contribution in [0, 0.1) is 5.82 Å². The lowest BCUT2D eigenvalue weighted by Crippen LogP contribution is -2.48. The number of piperazine rings is 1. The van der Waals surface area contributed by atoms with Gasteiger partial charge >= 0.3 is 0 Å². The van der Waals surface area contributed by atoms with E-state index in [1.165, 1.54) is 23.5 Å².